The van der Waals surface area contributed by atoms with Crippen molar-refractivity contribution in [3.63, 3.8) is 0 Å². The number of amides is 1. The van der Waals surface area contributed by atoms with Crippen molar-refractivity contribution in [3.8, 4) is 11.5 Å². The molecule has 0 atom stereocenters. The van der Waals surface area contributed by atoms with Gasteiger partial charge in [-0.1, -0.05) is 0 Å². The second kappa shape index (κ2) is 5.68. The Balaban J connectivity index is 1.63. The lowest BCUT2D eigenvalue weighted by molar-refractivity contribution is 0.103. The Hall–Kier alpha value is -2.80. The molecule has 4 rings (SSSR count). The van der Waals surface area contributed by atoms with Crippen molar-refractivity contribution in [1.29, 1.82) is 0 Å². The van der Waals surface area contributed by atoms with Crippen LogP contribution in [0, 0.1) is 6.92 Å². The van der Waals surface area contributed by atoms with Gasteiger partial charge in [0, 0.05) is 23.3 Å². The largest absolute Gasteiger partial charge is 0.486 e. The zero-order valence-electron chi connectivity index (χ0n) is 13.0. The predicted molar refractivity (Wildman–Crippen MR) is 94.2 cm³/mol. The summed E-state index contributed by atoms with van der Waals surface area (Å²) in [6.45, 7) is 2.97. The fourth-order valence-electron chi connectivity index (χ4n) is 2.58. The molecule has 0 aliphatic carbocycles. The molecule has 0 fully saturated rings. The van der Waals surface area contributed by atoms with Gasteiger partial charge in [0.05, 0.1) is 5.69 Å². The Morgan fingerprint density at radius 3 is 2.88 bits per heavy atom. The minimum absolute atomic E-state index is 0.259. The minimum atomic E-state index is -0.259. The molecule has 0 saturated carbocycles. The molecular weight excluding hydrogens is 326 g/mol. The molecule has 0 spiro atoms. The molecule has 24 heavy (non-hydrogen) atoms. The van der Waals surface area contributed by atoms with Gasteiger partial charge in [-0.25, -0.2) is 4.98 Å². The first-order chi connectivity index (χ1) is 11.6. The molecule has 6 nitrogen and oxygen atoms in total. The van der Waals surface area contributed by atoms with Gasteiger partial charge in [-0.2, -0.15) is 0 Å². The molecule has 2 aromatic heterocycles. The topological polar surface area (TPSA) is 86.5 Å². The smallest absolute Gasteiger partial charge is 0.267 e. The van der Waals surface area contributed by atoms with Crippen molar-refractivity contribution < 1.29 is 14.3 Å². The van der Waals surface area contributed by atoms with Crippen LogP contribution in [0.15, 0.2) is 30.5 Å². The molecule has 1 aliphatic rings. The highest BCUT2D eigenvalue weighted by atomic mass is 32.1. The maximum absolute atomic E-state index is 12.6. The lowest BCUT2D eigenvalue weighted by atomic mass is 10.2. The van der Waals surface area contributed by atoms with Crippen LogP contribution in [-0.4, -0.2) is 24.1 Å². The van der Waals surface area contributed by atoms with Gasteiger partial charge in [0.25, 0.3) is 5.91 Å². The summed E-state index contributed by atoms with van der Waals surface area (Å²) in [5, 5.41) is 3.67. The number of hydrogen-bond donors (Lipinski definition) is 2. The third kappa shape index (κ3) is 2.52. The van der Waals surface area contributed by atoms with E-state index >= 15 is 0 Å². The van der Waals surface area contributed by atoms with Gasteiger partial charge in [-0.3, -0.25) is 4.79 Å². The Labute approximate surface area is 142 Å². The van der Waals surface area contributed by atoms with Gasteiger partial charge in [0.1, 0.15) is 22.9 Å². The van der Waals surface area contributed by atoms with Crippen LogP contribution >= 0.6 is 11.3 Å². The monoisotopic (exact) mass is 341 g/mol. The van der Waals surface area contributed by atoms with Crippen LogP contribution in [0.25, 0.3) is 10.2 Å². The number of nitrogens with two attached hydrogens (primary N) is 1. The number of ether oxygens (including phenoxy) is 2. The van der Waals surface area contributed by atoms with Gasteiger partial charge in [0.15, 0.2) is 11.5 Å². The second-order valence-electron chi connectivity index (χ2n) is 5.52. The number of nitrogens with zero attached hydrogens (tertiary/aromatic N) is 1. The maximum Gasteiger partial charge on any atom is 0.267 e. The number of aryl methyl sites for hydroxylation is 1. The Bertz CT molecular complexity index is 952. The predicted octanol–water partition coefficient (Wildman–Crippen LogP) is 3.21. The summed E-state index contributed by atoms with van der Waals surface area (Å²) in [4.78, 5) is 18.1. The third-order valence-electron chi connectivity index (χ3n) is 3.73. The first-order valence-corrected chi connectivity index (χ1v) is 8.29. The van der Waals surface area contributed by atoms with E-state index in [1.54, 1.807) is 24.4 Å². The van der Waals surface area contributed by atoms with Gasteiger partial charge >= 0.3 is 0 Å². The summed E-state index contributed by atoms with van der Waals surface area (Å²) in [5.74, 6) is 1.05. The maximum atomic E-state index is 12.6. The zero-order chi connectivity index (χ0) is 16.7. The lowest BCUT2D eigenvalue weighted by Crippen LogP contribution is -2.16. The summed E-state index contributed by atoms with van der Waals surface area (Å²) in [7, 11) is 0. The number of fused-ring (bicyclic) bond motifs is 2. The van der Waals surface area contributed by atoms with E-state index in [2.05, 4.69) is 10.3 Å². The molecule has 0 radical (unpaired) electrons. The van der Waals surface area contributed by atoms with Crippen molar-refractivity contribution in [1.82, 2.24) is 4.98 Å². The summed E-state index contributed by atoms with van der Waals surface area (Å²) in [5.41, 5.74) is 8.23. The molecule has 3 heterocycles. The quantitative estimate of drug-likeness (QED) is 0.747. The molecule has 0 unspecified atom stereocenters. The summed E-state index contributed by atoms with van der Waals surface area (Å²) in [6, 6.07) is 7.24. The Morgan fingerprint density at radius 1 is 1.25 bits per heavy atom. The van der Waals surface area contributed by atoms with E-state index in [0.29, 0.717) is 41.0 Å². The average molecular weight is 341 g/mol. The molecule has 0 saturated heterocycles. The highest BCUT2D eigenvalue weighted by molar-refractivity contribution is 7.21. The second-order valence-corrected chi connectivity index (χ2v) is 6.52. The number of aromatic nitrogens is 1. The van der Waals surface area contributed by atoms with Gasteiger partial charge < -0.3 is 20.5 Å². The van der Waals surface area contributed by atoms with Crippen LogP contribution in [0.5, 0.6) is 11.5 Å². The summed E-state index contributed by atoms with van der Waals surface area (Å²) < 4.78 is 11.0. The van der Waals surface area contributed by atoms with E-state index in [1.807, 2.05) is 13.0 Å². The molecule has 3 aromatic rings. The van der Waals surface area contributed by atoms with Gasteiger partial charge in [0.2, 0.25) is 0 Å². The van der Waals surface area contributed by atoms with Crippen LogP contribution in [0.4, 0.5) is 11.4 Å². The normalized spacial score (nSPS) is 13.0. The van der Waals surface area contributed by atoms with Crippen molar-refractivity contribution in [2.75, 3.05) is 24.3 Å². The number of carbonyl (C=O) groups is 1. The molecule has 122 valence electrons. The molecule has 1 amide bonds. The van der Waals surface area contributed by atoms with E-state index in [1.165, 1.54) is 11.3 Å². The highest BCUT2D eigenvalue weighted by Crippen LogP contribution is 2.35. The Kier molecular flexibility index (Phi) is 3.50. The molecule has 7 heteroatoms. The minimum Gasteiger partial charge on any atom is -0.486 e. The van der Waals surface area contributed by atoms with Crippen molar-refractivity contribution in [2.45, 2.75) is 6.92 Å². The molecular formula is C17H15N3O3S. The van der Waals surface area contributed by atoms with E-state index in [0.717, 1.165) is 15.8 Å². The number of anilines is 2. The van der Waals surface area contributed by atoms with Crippen LogP contribution in [-0.2, 0) is 0 Å². The molecule has 3 N–H and O–H groups in total. The number of benzene rings is 1. The van der Waals surface area contributed by atoms with Gasteiger partial charge in [-0.15, -0.1) is 11.3 Å². The number of hydrogen-bond acceptors (Lipinski definition) is 6. The van der Waals surface area contributed by atoms with Crippen LogP contribution in [0.3, 0.4) is 0 Å². The fourth-order valence-corrected chi connectivity index (χ4v) is 3.52. The van der Waals surface area contributed by atoms with E-state index < -0.39 is 0 Å². The number of rotatable bonds is 2. The Morgan fingerprint density at radius 2 is 2.04 bits per heavy atom. The zero-order valence-corrected chi connectivity index (χ0v) is 13.8. The highest BCUT2D eigenvalue weighted by Gasteiger charge is 2.19. The SMILES string of the molecule is Cc1cnc2sc(C(=O)Nc3ccc4c(c3)OCCO4)c(N)c2c1. The number of thiophene rings is 1. The van der Waals surface area contributed by atoms with Crippen molar-refractivity contribution in [3.05, 3.63) is 40.9 Å². The fraction of sp³-hybridized carbons (Fsp3) is 0.176. The summed E-state index contributed by atoms with van der Waals surface area (Å²) >= 11 is 1.28. The molecule has 1 aliphatic heterocycles. The molecule has 0 bridgehead atoms. The number of nitrogen functional groups attached to an aromatic ring is 1. The van der Waals surface area contributed by atoms with Crippen molar-refractivity contribution >= 4 is 38.8 Å². The van der Waals surface area contributed by atoms with Gasteiger partial charge in [-0.05, 0) is 30.7 Å². The van der Waals surface area contributed by atoms with E-state index in [4.69, 9.17) is 15.2 Å². The van der Waals surface area contributed by atoms with E-state index in [-0.39, 0.29) is 5.91 Å². The first-order valence-electron chi connectivity index (χ1n) is 7.47. The summed E-state index contributed by atoms with van der Waals surface area (Å²) in [6.07, 6.45) is 1.76. The lowest BCUT2D eigenvalue weighted by Gasteiger charge is -2.18. The number of pyridine rings is 1. The van der Waals surface area contributed by atoms with Crippen LogP contribution in [0.1, 0.15) is 15.2 Å². The number of carbonyl (C=O) groups excluding carboxylic acids is 1. The third-order valence-corrected chi connectivity index (χ3v) is 4.86. The standard InChI is InChI=1S/C17H15N3O3S/c1-9-6-11-14(18)15(24-17(11)19-8-9)16(21)20-10-2-3-12-13(7-10)23-5-4-22-12/h2-3,6-8H,4-5,18H2,1H3,(H,20,21). The van der Waals surface area contributed by atoms with E-state index in [9.17, 15) is 4.79 Å². The van der Waals surface area contributed by atoms with Crippen molar-refractivity contribution in [2.24, 2.45) is 0 Å². The number of nitrogens with one attached hydrogen (secondary N) is 1. The van der Waals surface area contributed by atoms with Crippen LogP contribution in [0.2, 0.25) is 0 Å². The van der Waals surface area contributed by atoms with Crippen LogP contribution < -0.4 is 20.5 Å². The molecule has 1 aromatic carbocycles. The average Bonchev–Trinajstić information content (AvgIpc) is 2.91. The first kappa shape index (κ1) is 14.8.